The Morgan fingerprint density at radius 2 is 2.04 bits per heavy atom. The number of nitrogens with one attached hydrogen (secondary N) is 1. The molecule has 1 spiro atoms. The Labute approximate surface area is 158 Å². The topological polar surface area (TPSA) is 95.1 Å². The number of carbonyl (C=O) groups excluding carboxylic acids is 2. The lowest BCUT2D eigenvalue weighted by Crippen LogP contribution is -2.52. The van der Waals surface area contributed by atoms with E-state index in [2.05, 4.69) is 20.2 Å². The predicted molar refractivity (Wildman–Crippen MR) is 97.6 cm³/mol. The summed E-state index contributed by atoms with van der Waals surface area (Å²) >= 11 is 0. The molecule has 0 radical (unpaired) electrons. The second-order valence-electron chi connectivity index (χ2n) is 7.66. The number of aryl methyl sites for hydroxylation is 1. The molecule has 0 aromatic carbocycles. The van der Waals surface area contributed by atoms with Crippen LogP contribution in [0.5, 0.6) is 0 Å². The fourth-order valence-electron chi connectivity index (χ4n) is 4.08. The minimum atomic E-state index is 0.000946. The second-order valence-corrected chi connectivity index (χ2v) is 7.66. The smallest absolute Gasteiger partial charge is 0.271 e. The molecule has 2 aromatic rings. The van der Waals surface area contributed by atoms with Crippen LogP contribution in [-0.2, 0) is 11.3 Å². The number of aromatic amines is 1. The van der Waals surface area contributed by atoms with Crippen LogP contribution in [0.3, 0.4) is 0 Å². The minimum Gasteiger partial charge on any atom is -0.337 e. The van der Waals surface area contributed by atoms with E-state index in [1.165, 1.54) is 0 Å². The molecule has 2 fully saturated rings. The van der Waals surface area contributed by atoms with Crippen LogP contribution in [0.4, 0.5) is 0 Å². The number of carbonyl (C=O) groups is 2. The van der Waals surface area contributed by atoms with Gasteiger partial charge in [-0.1, -0.05) is 0 Å². The van der Waals surface area contributed by atoms with E-state index in [-0.39, 0.29) is 17.2 Å². The van der Waals surface area contributed by atoms with Crippen LogP contribution in [0.2, 0.25) is 0 Å². The maximum atomic E-state index is 12.5. The molecule has 2 amide bonds. The van der Waals surface area contributed by atoms with Gasteiger partial charge in [0, 0.05) is 38.4 Å². The number of piperidine rings is 2. The van der Waals surface area contributed by atoms with Crippen molar-refractivity contribution in [3.63, 3.8) is 0 Å². The van der Waals surface area contributed by atoms with Crippen molar-refractivity contribution in [2.75, 3.05) is 19.6 Å². The van der Waals surface area contributed by atoms with Gasteiger partial charge in [0.1, 0.15) is 5.69 Å². The summed E-state index contributed by atoms with van der Waals surface area (Å²) in [5, 5.41) is 6.60. The number of H-pyrrole nitrogens is 1. The quantitative estimate of drug-likeness (QED) is 0.887. The van der Waals surface area contributed by atoms with Crippen LogP contribution in [0, 0.1) is 12.3 Å². The first kappa shape index (κ1) is 17.6. The van der Waals surface area contributed by atoms with E-state index in [9.17, 15) is 9.59 Å². The highest BCUT2D eigenvalue weighted by atomic mass is 16.2. The van der Waals surface area contributed by atoms with Crippen molar-refractivity contribution in [1.82, 2.24) is 30.0 Å². The third kappa shape index (κ3) is 3.70. The Morgan fingerprint density at radius 3 is 2.70 bits per heavy atom. The lowest BCUT2D eigenvalue weighted by atomic mass is 9.72. The van der Waals surface area contributed by atoms with Gasteiger partial charge in [0.15, 0.2) is 0 Å². The molecule has 0 unspecified atom stereocenters. The van der Waals surface area contributed by atoms with Crippen LogP contribution >= 0.6 is 0 Å². The monoisotopic (exact) mass is 368 g/mol. The number of rotatable bonds is 3. The molecule has 2 aliphatic rings. The van der Waals surface area contributed by atoms with Crippen LogP contribution in [-0.4, -0.2) is 61.4 Å². The SMILES string of the molecule is Cc1cnc(CN2CC3(CCC2=O)CCN(C(=O)c2ccn[nH]2)CC3)cn1. The highest BCUT2D eigenvalue weighted by molar-refractivity contribution is 5.92. The summed E-state index contributed by atoms with van der Waals surface area (Å²) < 4.78 is 0. The van der Waals surface area contributed by atoms with E-state index in [4.69, 9.17) is 0 Å². The van der Waals surface area contributed by atoms with E-state index < -0.39 is 0 Å². The van der Waals surface area contributed by atoms with Gasteiger partial charge in [0.2, 0.25) is 5.91 Å². The van der Waals surface area contributed by atoms with Gasteiger partial charge in [-0.05, 0) is 37.7 Å². The molecular formula is C19H24N6O2. The van der Waals surface area contributed by atoms with E-state index >= 15 is 0 Å². The molecule has 1 N–H and O–H groups in total. The van der Waals surface area contributed by atoms with Crippen molar-refractivity contribution in [2.24, 2.45) is 5.41 Å². The van der Waals surface area contributed by atoms with Gasteiger partial charge < -0.3 is 9.80 Å². The van der Waals surface area contributed by atoms with E-state index in [1.54, 1.807) is 24.7 Å². The summed E-state index contributed by atoms with van der Waals surface area (Å²) in [5.41, 5.74) is 2.31. The highest BCUT2D eigenvalue weighted by Crippen LogP contribution is 2.40. The second kappa shape index (κ2) is 7.09. The summed E-state index contributed by atoms with van der Waals surface area (Å²) in [6.45, 7) is 4.56. The summed E-state index contributed by atoms with van der Waals surface area (Å²) in [7, 11) is 0. The molecular weight excluding hydrogens is 344 g/mol. The molecule has 0 atom stereocenters. The summed E-state index contributed by atoms with van der Waals surface area (Å²) in [5.74, 6) is 0.181. The molecule has 8 heteroatoms. The third-order valence-corrected chi connectivity index (χ3v) is 5.78. The molecule has 142 valence electrons. The zero-order chi connectivity index (χ0) is 18.9. The van der Waals surface area contributed by atoms with Crippen LogP contribution in [0.1, 0.15) is 47.6 Å². The predicted octanol–water partition coefficient (Wildman–Crippen LogP) is 1.55. The zero-order valence-corrected chi connectivity index (χ0v) is 15.5. The first-order valence-corrected chi connectivity index (χ1v) is 9.39. The summed E-state index contributed by atoms with van der Waals surface area (Å²) in [6.07, 6.45) is 8.36. The number of hydrogen-bond acceptors (Lipinski definition) is 5. The zero-order valence-electron chi connectivity index (χ0n) is 15.5. The molecule has 0 aliphatic carbocycles. The maximum Gasteiger partial charge on any atom is 0.271 e. The van der Waals surface area contributed by atoms with Gasteiger partial charge in [-0.3, -0.25) is 24.7 Å². The standard InChI is InChI=1S/C19H24N6O2/c1-14-10-21-15(11-20-14)12-25-13-19(4-2-17(25)26)5-8-24(9-6-19)18(27)16-3-7-22-23-16/h3,7,10-11H,2,4-6,8-9,12-13H2,1H3,(H,22,23). The van der Waals surface area contributed by atoms with Gasteiger partial charge in [-0.25, -0.2) is 0 Å². The van der Waals surface area contributed by atoms with Gasteiger partial charge >= 0.3 is 0 Å². The van der Waals surface area contributed by atoms with Gasteiger partial charge in [0.05, 0.1) is 24.1 Å². The molecule has 2 saturated heterocycles. The molecule has 0 bridgehead atoms. The van der Waals surface area contributed by atoms with Gasteiger partial charge in [0.25, 0.3) is 5.91 Å². The first-order valence-electron chi connectivity index (χ1n) is 9.39. The number of hydrogen-bond donors (Lipinski definition) is 1. The Kier molecular flexibility index (Phi) is 4.63. The van der Waals surface area contributed by atoms with Crippen LogP contribution in [0.15, 0.2) is 24.7 Å². The maximum absolute atomic E-state index is 12.5. The summed E-state index contributed by atoms with van der Waals surface area (Å²) in [4.78, 5) is 37.4. The van der Waals surface area contributed by atoms with Crippen molar-refractivity contribution < 1.29 is 9.59 Å². The lowest BCUT2D eigenvalue weighted by Gasteiger charge is -2.47. The van der Waals surface area contributed by atoms with Crippen LogP contribution in [0.25, 0.3) is 0 Å². The minimum absolute atomic E-state index is 0.000946. The molecule has 0 saturated carbocycles. The molecule has 2 aromatic heterocycles. The molecule has 4 heterocycles. The Hall–Kier alpha value is -2.77. The molecule has 27 heavy (non-hydrogen) atoms. The average Bonchev–Trinajstić information content (AvgIpc) is 3.22. The van der Waals surface area contributed by atoms with Crippen molar-refractivity contribution in [3.05, 3.63) is 41.7 Å². The number of likely N-dealkylation sites (tertiary alicyclic amines) is 2. The Morgan fingerprint density at radius 1 is 1.22 bits per heavy atom. The third-order valence-electron chi connectivity index (χ3n) is 5.78. The normalized spacial score (nSPS) is 19.5. The average molecular weight is 368 g/mol. The van der Waals surface area contributed by atoms with E-state index in [0.29, 0.717) is 31.7 Å². The highest BCUT2D eigenvalue weighted by Gasteiger charge is 2.42. The number of amides is 2. The van der Waals surface area contributed by atoms with E-state index in [1.807, 2.05) is 16.7 Å². The molecule has 2 aliphatic heterocycles. The Balaban J connectivity index is 1.40. The van der Waals surface area contributed by atoms with Gasteiger partial charge in [-0.15, -0.1) is 0 Å². The fourth-order valence-corrected chi connectivity index (χ4v) is 4.08. The van der Waals surface area contributed by atoms with E-state index in [0.717, 1.165) is 37.2 Å². The van der Waals surface area contributed by atoms with Crippen LogP contribution < -0.4 is 0 Å². The fraction of sp³-hybridized carbons (Fsp3) is 0.526. The van der Waals surface area contributed by atoms with Crippen molar-refractivity contribution in [2.45, 2.75) is 39.2 Å². The van der Waals surface area contributed by atoms with Gasteiger partial charge in [-0.2, -0.15) is 5.10 Å². The number of nitrogens with zero attached hydrogens (tertiary/aromatic N) is 5. The number of aromatic nitrogens is 4. The van der Waals surface area contributed by atoms with Crippen molar-refractivity contribution in [1.29, 1.82) is 0 Å². The lowest BCUT2D eigenvalue weighted by molar-refractivity contribution is -0.139. The van der Waals surface area contributed by atoms with Crippen molar-refractivity contribution >= 4 is 11.8 Å². The first-order chi connectivity index (χ1) is 13.0. The summed E-state index contributed by atoms with van der Waals surface area (Å²) in [6, 6.07) is 1.70. The Bertz CT molecular complexity index is 809. The molecule has 4 rings (SSSR count). The van der Waals surface area contributed by atoms with Crippen molar-refractivity contribution in [3.8, 4) is 0 Å². The largest absolute Gasteiger partial charge is 0.337 e. The molecule has 8 nitrogen and oxygen atoms in total.